The summed E-state index contributed by atoms with van der Waals surface area (Å²) >= 11 is 0. The van der Waals surface area contributed by atoms with Gasteiger partial charge in [-0.05, 0) is 32.1 Å². The molecule has 1 saturated heterocycles. The van der Waals surface area contributed by atoms with Crippen LogP contribution < -0.4 is 10.4 Å². The second-order valence-electron chi connectivity index (χ2n) is 13.8. The minimum Gasteiger partial charge on any atom is -0.405 e. The Morgan fingerprint density at radius 2 is 0.880 bits per heavy atom. The van der Waals surface area contributed by atoms with Gasteiger partial charge in [-0.15, -0.1) is 0 Å². The molecule has 1 fully saturated rings. The number of benzene rings is 5. The lowest BCUT2D eigenvalue weighted by Gasteiger charge is -2.47. The standard InChI is InChI=1S/C43H48O6Si/c1-43(2,3)50(36-25-15-7-16-26-36,37-27-17-8-18-28-37)48-32-38-39(45-29-33-19-9-4-10-20-33)40(46-30-34-21-11-5-12-22-34)41(42(44)49-38)47-31-35-23-13-6-14-24-35/h4-28,38-42,44H,29-32H2,1-3H3/t38-,39-,40+,41-,42?/m1/s1. The van der Waals surface area contributed by atoms with Crippen LogP contribution in [0.2, 0.25) is 5.04 Å². The normalized spacial score (nSPS) is 21.2. The number of aliphatic hydroxyl groups excluding tert-OH is 1. The maximum Gasteiger partial charge on any atom is 0.261 e. The van der Waals surface area contributed by atoms with Crippen LogP contribution in [0.4, 0.5) is 0 Å². The van der Waals surface area contributed by atoms with Crippen molar-refractivity contribution < 1.29 is 28.5 Å². The first-order valence-electron chi connectivity index (χ1n) is 17.4. The topological polar surface area (TPSA) is 66.4 Å². The van der Waals surface area contributed by atoms with Gasteiger partial charge in [-0.2, -0.15) is 0 Å². The Balaban J connectivity index is 1.36. The fourth-order valence-electron chi connectivity index (χ4n) is 6.87. The molecule has 0 spiro atoms. The molecule has 0 aromatic heterocycles. The molecule has 5 aromatic carbocycles. The predicted molar refractivity (Wildman–Crippen MR) is 200 cm³/mol. The van der Waals surface area contributed by atoms with Crippen molar-refractivity contribution in [2.24, 2.45) is 0 Å². The third-order valence-electron chi connectivity index (χ3n) is 9.35. The van der Waals surface area contributed by atoms with E-state index in [9.17, 15) is 5.11 Å². The number of aliphatic hydroxyl groups is 1. The van der Waals surface area contributed by atoms with Gasteiger partial charge in [0.25, 0.3) is 8.32 Å². The minimum atomic E-state index is -2.93. The predicted octanol–water partition coefficient (Wildman–Crippen LogP) is 7.04. The van der Waals surface area contributed by atoms with E-state index >= 15 is 0 Å². The average Bonchev–Trinajstić information content (AvgIpc) is 3.15. The molecule has 5 aromatic rings. The highest BCUT2D eigenvalue weighted by molar-refractivity contribution is 6.99. The van der Waals surface area contributed by atoms with Gasteiger partial charge in [0.05, 0.1) is 26.4 Å². The molecule has 1 N–H and O–H groups in total. The third-order valence-corrected chi connectivity index (χ3v) is 14.4. The van der Waals surface area contributed by atoms with Crippen LogP contribution in [0.5, 0.6) is 0 Å². The zero-order chi connectivity index (χ0) is 34.8. The number of hydrogen-bond acceptors (Lipinski definition) is 6. The fraction of sp³-hybridized carbons (Fsp3) is 0.302. The molecule has 260 valence electrons. The van der Waals surface area contributed by atoms with E-state index in [1.54, 1.807) is 0 Å². The van der Waals surface area contributed by atoms with Gasteiger partial charge in [-0.3, -0.25) is 0 Å². The van der Waals surface area contributed by atoms with Crippen LogP contribution >= 0.6 is 0 Å². The zero-order valence-corrected chi connectivity index (χ0v) is 30.1. The summed E-state index contributed by atoms with van der Waals surface area (Å²) in [7, 11) is -2.93. The lowest BCUT2D eigenvalue weighted by Crippen LogP contribution is -2.68. The quantitative estimate of drug-likeness (QED) is 0.126. The highest BCUT2D eigenvalue weighted by Gasteiger charge is 2.53. The van der Waals surface area contributed by atoms with Crippen molar-refractivity contribution in [2.75, 3.05) is 6.61 Å². The molecule has 0 bridgehead atoms. The number of hydrogen-bond donors (Lipinski definition) is 1. The van der Waals surface area contributed by atoms with Crippen molar-refractivity contribution in [2.45, 2.75) is 76.3 Å². The Bertz CT molecular complexity index is 1660. The van der Waals surface area contributed by atoms with E-state index in [1.165, 1.54) is 0 Å². The molecule has 7 heteroatoms. The Kier molecular flexibility index (Phi) is 12.1. The van der Waals surface area contributed by atoms with Crippen molar-refractivity contribution in [3.05, 3.63) is 168 Å². The van der Waals surface area contributed by atoms with Crippen molar-refractivity contribution >= 4 is 18.7 Å². The number of ether oxygens (including phenoxy) is 4. The monoisotopic (exact) mass is 688 g/mol. The molecule has 1 heterocycles. The molecule has 0 amide bonds. The lowest BCUT2D eigenvalue weighted by molar-refractivity contribution is -0.314. The first-order chi connectivity index (χ1) is 24.3. The van der Waals surface area contributed by atoms with Gasteiger partial charge in [0.1, 0.15) is 24.4 Å². The van der Waals surface area contributed by atoms with Crippen LogP contribution in [0.3, 0.4) is 0 Å². The van der Waals surface area contributed by atoms with E-state index in [0.717, 1.165) is 27.1 Å². The zero-order valence-electron chi connectivity index (χ0n) is 29.1. The van der Waals surface area contributed by atoms with Crippen LogP contribution in [-0.4, -0.2) is 50.7 Å². The smallest absolute Gasteiger partial charge is 0.261 e. The van der Waals surface area contributed by atoms with Crippen LogP contribution in [0, 0.1) is 0 Å². The molecule has 0 aliphatic carbocycles. The maximum absolute atomic E-state index is 11.7. The van der Waals surface area contributed by atoms with E-state index in [0.29, 0.717) is 13.2 Å². The molecule has 1 unspecified atom stereocenters. The van der Waals surface area contributed by atoms with E-state index in [-0.39, 0.29) is 18.3 Å². The van der Waals surface area contributed by atoms with Crippen molar-refractivity contribution in [3.8, 4) is 0 Å². The van der Waals surface area contributed by atoms with Gasteiger partial charge in [-0.1, -0.05) is 172 Å². The van der Waals surface area contributed by atoms with Gasteiger partial charge in [-0.25, -0.2) is 0 Å². The summed E-state index contributed by atoms with van der Waals surface area (Å²) < 4.78 is 33.7. The second kappa shape index (κ2) is 16.9. The van der Waals surface area contributed by atoms with E-state index in [2.05, 4.69) is 69.3 Å². The largest absolute Gasteiger partial charge is 0.405 e. The fourth-order valence-corrected chi connectivity index (χ4v) is 11.4. The van der Waals surface area contributed by atoms with E-state index in [4.69, 9.17) is 23.4 Å². The van der Waals surface area contributed by atoms with Crippen LogP contribution in [0.25, 0.3) is 0 Å². The highest BCUT2D eigenvalue weighted by Crippen LogP contribution is 2.38. The minimum absolute atomic E-state index is 0.181. The second-order valence-corrected chi connectivity index (χ2v) is 18.1. The SMILES string of the molecule is CC(C)(C)[Si](OC[C@H]1OC(O)[C@H](OCc2ccccc2)[C@@H](OCc2ccccc2)[C@@H]1OCc1ccccc1)(c1ccccc1)c1ccccc1. The van der Waals surface area contributed by atoms with Gasteiger partial charge < -0.3 is 28.5 Å². The molecule has 0 saturated carbocycles. The first kappa shape index (κ1) is 35.9. The Hall–Kier alpha value is -3.92. The van der Waals surface area contributed by atoms with Crippen LogP contribution in [0.15, 0.2) is 152 Å². The Morgan fingerprint density at radius 1 is 0.520 bits per heavy atom. The summed E-state index contributed by atoms with van der Waals surface area (Å²) in [4.78, 5) is 0. The van der Waals surface area contributed by atoms with Crippen molar-refractivity contribution in [1.29, 1.82) is 0 Å². The summed E-state index contributed by atoms with van der Waals surface area (Å²) in [6.45, 7) is 7.86. The molecular formula is C43H48O6Si. The van der Waals surface area contributed by atoms with Gasteiger partial charge in [0, 0.05) is 0 Å². The highest BCUT2D eigenvalue weighted by atomic mass is 28.4. The summed E-state index contributed by atoms with van der Waals surface area (Å²) in [5, 5.41) is 13.8. The molecule has 5 atom stereocenters. The van der Waals surface area contributed by atoms with E-state index < -0.39 is 39.0 Å². The molecule has 1 aliphatic heterocycles. The molecule has 50 heavy (non-hydrogen) atoms. The lowest BCUT2D eigenvalue weighted by atomic mass is 9.98. The maximum atomic E-state index is 11.7. The molecular weight excluding hydrogens is 641 g/mol. The van der Waals surface area contributed by atoms with E-state index in [1.807, 2.05) is 103 Å². The molecule has 0 radical (unpaired) electrons. The van der Waals surface area contributed by atoms with Gasteiger partial charge in [0.15, 0.2) is 6.29 Å². The molecule has 6 rings (SSSR count). The van der Waals surface area contributed by atoms with Crippen molar-refractivity contribution in [1.82, 2.24) is 0 Å². The molecule has 1 aliphatic rings. The summed E-state index contributed by atoms with van der Waals surface area (Å²) in [6.07, 6.45) is -4.04. The summed E-state index contributed by atoms with van der Waals surface area (Å²) in [5.74, 6) is 0. The Morgan fingerprint density at radius 3 is 1.28 bits per heavy atom. The van der Waals surface area contributed by atoms with Gasteiger partial charge in [0.2, 0.25) is 0 Å². The average molecular weight is 689 g/mol. The van der Waals surface area contributed by atoms with Crippen molar-refractivity contribution in [3.63, 3.8) is 0 Å². The molecule has 6 nitrogen and oxygen atoms in total. The summed E-state index contributed by atoms with van der Waals surface area (Å²) in [6, 6.07) is 51.0. The first-order valence-corrected chi connectivity index (χ1v) is 19.3. The van der Waals surface area contributed by atoms with Crippen LogP contribution in [-0.2, 0) is 43.2 Å². The third kappa shape index (κ3) is 8.50. The number of rotatable bonds is 14. The summed E-state index contributed by atoms with van der Waals surface area (Å²) in [5.41, 5.74) is 3.02. The Labute approximate surface area is 297 Å². The van der Waals surface area contributed by atoms with Crippen LogP contribution in [0.1, 0.15) is 37.5 Å². The van der Waals surface area contributed by atoms with Gasteiger partial charge >= 0.3 is 0 Å².